The molecule has 0 aromatic heterocycles. The number of nitrogens with one attached hydrogen (secondary N) is 2. The fraction of sp³-hybridized carbons (Fsp3) is 0.304. The zero-order chi connectivity index (χ0) is 20.0. The molecule has 2 aliphatic rings. The van der Waals surface area contributed by atoms with Crippen molar-refractivity contribution in [3.63, 3.8) is 0 Å². The Morgan fingerprint density at radius 1 is 1.00 bits per heavy atom. The van der Waals surface area contributed by atoms with Crippen LogP contribution in [0.1, 0.15) is 31.5 Å². The first-order valence-electron chi connectivity index (χ1n) is 10.2. The van der Waals surface area contributed by atoms with Crippen LogP contribution in [0.4, 0.5) is 22.7 Å². The topological polar surface area (TPSA) is 70.4 Å². The number of hydrogen-bond acceptors (Lipinski definition) is 5. The van der Waals surface area contributed by atoms with Crippen molar-refractivity contribution in [1.82, 2.24) is 0 Å². The van der Waals surface area contributed by atoms with Crippen LogP contribution in [-0.2, 0) is 0 Å². The molecule has 0 bridgehead atoms. The van der Waals surface area contributed by atoms with E-state index in [-0.39, 0.29) is 16.8 Å². The molecule has 5 rings (SSSR count). The molecule has 0 spiro atoms. The van der Waals surface area contributed by atoms with Gasteiger partial charge >= 0.3 is 0 Å². The van der Waals surface area contributed by atoms with E-state index in [0.29, 0.717) is 5.92 Å². The van der Waals surface area contributed by atoms with Gasteiger partial charge < -0.3 is 15.5 Å². The van der Waals surface area contributed by atoms with E-state index in [9.17, 15) is 10.1 Å². The molecule has 0 radical (unpaired) electrons. The van der Waals surface area contributed by atoms with Gasteiger partial charge in [0.25, 0.3) is 5.69 Å². The van der Waals surface area contributed by atoms with Crippen LogP contribution in [0.3, 0.4) is 0 Å². The molecule has 6 heteroatoms. The maximum Gasteiger partial charge on any atom is 0.292 e. The Hall–Kier alpha value is -3.28. The van der Waals surface area contributed by atoms with Gasteiger partial charge in [-0.3, -0.25) is 10.1 Å². The number of anilines is 3. The van der Waals surface area contributed by atoms with Crippen molar-refractivity contribution >= 4 is 33.5 Å². The van der Waals surface area contributed by atoms with Crippen molar-refractivity contribution in [2.24, 2.45) is 5.92 Å². The zero-order valence-electron chi connectivity index (χ0n) is 16.4. The lowest BCUT2D eigenvalue weighted by molar-refractivity contribution is -0.384. The van der Waals surface area contributed by atoms with Crippen molar-refractivity contribution in [2.45, 2.75) is 25.9 Å². The van der Waals surface area contributed by atoms with Gasteiger partial charge in [-0.1, -0.05) is 37.3 Å². The Bertz CT molecular complexity index is 1050. The van der Waals surface area contributed by atoms with Crippen LogP contribution in [0.15, 0.2) is 54.6 Å². The summed E-state index contributed by atoms with van der Waals surface area (Å²) in [7, 11) is 0. The summed E-state index contributed by atoms with van der Waals surface area (Å²) in [5.41, 5.74) is 3.84. The van der Waals surface area contributed by atoms with E-state index in [1.807, 2.05) is 24.3 Å². The molecule has 2 aliphatic heterocycles. The van der Waals surface area contributed by atoms with E-state index in [1.54, 1.807) is 6.07 Å². The molecule has 0 unspecified atom stereocenters. The van der Waals surface area contributed by atoms with Gasteiger partial charge in [-0.15, -0.1) is 0 Å². The van der Waals surface area contributed by atoms with Gasteiger partial charge in [0.2, 0.25) is 0 Å². The summed E-state index contributed by atoms with van der Waals surface area (Å²) >= 11 is 0. The van der Waals surface area contributed by atoms with Gasteiger partial charge in [0.05, 0.1) is 4.92 Å². The van der Waals surface area contributed by atoms with E-state index >= 15 is 0 Å². The number of nitro groups is 1. The molecule has 2 N–H and O–H groups in total. The number of piperidine rings is 1. The average Bonchev–Trinajstić information content (AvgIpc) is 2.74. The first-order valence-corrected chi connectivity index (χ1v) is 10.2. The quantitative estimate of drug-likeness (QED) is 0.457. The van der Waals surface area contributed by atoms with E-state index in [0.717, 1.165) is 53.9 Å². The zero-order valence-corrected chi connectivity index (χ0v) is 16.4. The summed E-state index contributed by atoms with van der Waals surface area (Å²) in [6, 6.07) is 18.0. The van der Waals surface area contributed by atoms with E-state index < -0.39 is 0 Å². The highest BCUT2D eigenvalue weighted by Crippen LogP contribution is 2.40. The molecule has 148 valence electrons. The second-order valence-corrected chi connectivity index (χ2v) is 8.11. The molecule has 0 aliphatic carbocycles. The van der Waals surface area contributed by atoms with Gasteiger partial charge in [-0.2, -0.15) is 0 Å². The highest BCUT2D eigenvalue weighted by atomic mass is 16.6. The first kappa shape index (κ1) is 17.8. The Labute approximate surface area is 169 Å². The average molecular weight is 388 g/mol. The van der Waals surface area contributed by atoms with Crippen molar-refractivity contribution in [2.75, 3.05) is 28.6 Å². The van der Waals surface area contributed by atoms with Gasteiger partial charge in [0.1, 0.15) is 11.9 Å². The normalized spacial score (nSPS) is 17.1. The lowest BCUT2D eigenvalue weighted by atomic mass is 9.98. The summed E-state index contributed by atoms with van der Waals surface area (Å²) in [6.07, 6.45) is 1.93. The van der Waals surface area contributed by atoms with Crippen LogP contribution in [-0.4, -0.2) is 18.0 Å². The predicted molar refractivity (Wildman–Crippen MR) is 118 cm³/mol. The standard InChI is InChI=1S/C23H24N4O2/c1-15-10-12-26(13-11-15)20-9-8-17(14-21(20)27(28)29)23-24-18-6-2-4-16-5-3-7-19(25-23)22(16)18/h2-9,14-15,23-25H,10-13H2,1H3. The third kappa shape index (κ3) is 3.14. The smallest absolute Gasteiger partial charge is 0.292 e. The van der Waals surface area contributed by atoms with Gasteiger partial charge in [0, 0.05) is 41.5 Å². The SMILES string of the molecule is CC1CCN(c2ccc(C3Nc4cccc5cccc(c45)N3)cc2[N+](=O)[O-])CC1. The summed E-state index contributed by atoms with van der Waals surface area (Å²) in [4.78, 5) is 13.8. The molecular weight excluding hydrogens is 364 g/mol. The molecule has 0 atom stereocenters. The van der Waals surface area contributed by atoms with E-state index in [2.05, 4.69) is 46.7 Å². The Morgan fingerprint density at radius 3 is 2.28 bits per heavy atom. The van der Waals surface area contributed by atoms with Crippen LogP contribution in [0.5, 0.6) is 0 Å². The van der Waals surface area contributed by atoms with Crippen LogP contribution in [0.25, 0.3) is 10.8 Å². The second kappa shape index (κ2) is 6.95. The van der Waals surface area contributed by atoms with Crippen molar-refractivity contribution in [3.8, 4) is 0 Å². The third-order valence-electron chi connectivity index (χ3n) is 6.16. The van der Waals surface area contributed by atoms with Gasteiger partial charge in [0.15, 0.2) is 0 Å². The van der Waals surface area contributed by atoms with Gasteiger partial charge in [-0.25, -0.2) is 0 Å². The Morgan fingerprint density at radius 2 is 1.66 bits per heavy atom. The number of benzene rings is 3. The largest absolute Gasteiger partial charge is 0.366 e. The summed E-state index contributed by atoms with van der Waals surface area (Å²) < 4.78 is 0. The monoisotopic (exact) mass is 388 g/mol. The summed E-state index contributed by atoms with van der Waals surface area (Å²) in [6.45, 7) is 3.99. The summed E-state index contributed by atoms with van der Waals surface area (Å²) in [5.74, 6) is 0.683. The fourth-order valence-corrected chi connectivity index (χ4v) is 4.48. The van der Waals surface area contributed by atoms with Crippen LogP contribution >= 0.6 is 0 Å². The minimum Gasteiger partial charge on any atom is -0.366 e. The predicted octanol–water partition coefficient (Wildman–Crippen LogP) is 5.52. The maximum atomic E-state index is 11.9. The molecule has 6 nitrogen and oxygen atoms in total. The third-order valence-corrected chi connectivity index (χ3v) is 6.16. The molecule has 0 saturated carbocycles. The second-order valence-electron chi connectivity index (χ2n) is 8.11. The Balaban J connectivity index is 1.49. The minimum absolute atomic E-state index is 0.178. The van der Waals surface area contributed by atoms with Crippen LogP contribution in [0.2, 0.25) is 0 Å². The molecule has 1 saturated heterocycles. The minimum atomic E-state index is -0.256. The molecule has 3 aromatic carbocycles. The maximum absolute atomic E-state index is 11.9. The van der Waals surface area contributed by atoms with Gasteiger partial charge in [-0.05, 0) is 42.3 Å². The van der Waals surface area contributed by atoms with E-state index in [4.69, 9.17) is 0 Å². The molecule has 2 heterocycles. The fourth-order valence-electron chi connectivity index (χ4n) is 4.48. The lowest BCUT2D eigenvalue weighted by Gasteiger charge is -2.33. The molecule has 1 fully saturated rings. The number of hydrogen-bond donors (Lipinski definition) is 2. The Kier molecular flexibility index (Phi) is 4.27. The highest BCUT2D eigenvalue weighted by Gasteiger charge is 2.27. The lowest BCUT2D eigenvalue weighted by Crippen LogP contribution is -2.33. The van der Waals surface area contributed by atoms with Crippen LogP contribution < -0.4 is 15.5 Å². The van der Waals surface area contributed by atoms with Crippen molar-refractivity contribution in [1.29, 1.82) is 0 Å². The number of rotatable bonds is 3. The van der Waals surface area contributed by atoms with E-state index in [1.165, 1.54) is 5.39 Å². The number of nitrogens with zero attached hydrogens (tertiary/aromatic N) is 2. The highest BCUT2D eigenvalue weighted by molar-refractivity contribution is 6.04. The molecule has 0 amide bonds. The molecule has 3 aromatic rings. The first-order chi connectivity index (χ1) is 14.1. The molecular formula is C23H24N4O2. The summed E-state index contributed by atoms with van der Waals surface area (Å²) in [5, 5.41) is 21.2. The van der Waals surface area contributed by atoms with Crippen LogP contribution in [0, 0.1) is 16.0 Å². The number of nitro benzene ring substituents is 1. The van der Waals surface area contributed by atoms with Crippen molar-refractivity contribution in [3.05, 3.63) is 70.3 Å². The van der Waals surface area contributed by atoms with Crippen molar-refractivity contribution < 1.29 is 4.92 Å². The molecule has 29 heavy (non-hydrogen) atoms.